The van der Waals surface area contributed by atoms with Gasteiger partial charge in [-0.25, -0.2) is 0 Å². The van der Waals surface area contributed by atoms with Gasteiger partial charge in [-0.05, 0) is 89.9 Å². The lowest BCUT2D eigenvalue weighted by Crippen LogP contribution is -2.39. The highest BCUT2D eigenvalue weighted by Gasteiger charge is 2.50. The van der Waals surface area contributed by atoms with E-state index in [1.54, 1.807) is 5.57 Å². The summed E-state index contributed by atoms with van der Waals surface area (Å²) >= 11 is 0. The summed E-state index contributed by atoms with van der Waals surface area (Å²) in [5.41, 5.74) is 2.82. The van der Waals surface area contributed by atoms with Crippen molar-refractivity contribution in [2.75, 3.05) is 0 Å². The van der Waals surface area contributed by atoms with E-state index in [9.17, 15) is 5.11 Å². The van der Waals surface area contributed by atoms with Crippen molar-refractivity contribution in [3.8, 4) is 0 Å². The van der Waals surface area contributed by atoms with Crippen LogP contribution in [0.5, 0.6) is 0 Å². The van der Waals surface area contributed by atoms with Crippen LogP contribution in [0.2, 0.25) is 0 Å². The highest BCUT2D eigenvalue weighted by atomic mass is 16.3. The van der Waals surface area contributed by atoms with Crippen LogP contribution in [0.15, 0.2) is 23.3 Å². The van der Waals surface area contributed by atoms with Gasteiger partial charge in [0.2, 0.25) is 0 Å². The summed E-state index contributed by atoms with van der Waals surface area (Å²) in [6.45, 7) is 11.1. The second-order valence-corrected chi connectivity index (χ2v) is 8.38. The second-order valence-electron chi connectivity index (χ2n) is 8.38. The Balaban J connectivity index is 2.08. The molecule has 120 valence electrons. The van der Waals surface area contributed by atoms with Gasteiger partial charge in [0.1, 0.15) is 0 Å². The van der Waals surface area contributed by atoms with Crippen LogP contribution in [0.1, 0.15) is 79.6 Å². The van der Waals surface area contributed by atoms with Crippen LogP contribution in [0.25, 0.3) is 0 Å². The van der Waals surface area contributed by atoms with Crippen LogP contribution in [-0.2, 0) is 0 Å². The molecule has 0 spiro atoms. The number of fused-ring (bicyclic) bond motifs is 1. The monoisotopic (exact) mass is 290 g/mol. The molecule has 2 rings (SSSR count). The summed E-state index contributed by atoms with van der Waals surface area (Å²) < 4.78 is 0. The maximum absolute atomic E-state index is 11.1. The lowest BCUT2D eigenvalue weighted by Gasteiger charge is -2.39. The minimum atomic E-state index is -0.507. The largest absolute Gasteiger partial charge is 0.390 e. The predicted molar refractivity (Wildman–Crippen MR) is 91.2 cm³/mol. The van der Waals surface area contributed by atoms with Gasteiger partial charge in [-0.1, -0.05) is 30.2 Å². The zero-order chi connectivity index (χ0) is 15.7. The third-order valence-electron chi connectivity index (χ3n) is 6.18. The molecule has 1 heteroatoms. The molecule has 0 aromatic carbocycles. The molecule has 0 aliphatic heterocycles. The average molecular weight is 290 g/mol. The third-order valence-corrected chi connectivity index (χ3v) is 6.18. The number of aliphatic hydroxyl groups is 1. The average Bonchev–Trinajstić information content (AvgIpc) is 2.64. The van der Waals surface area contributed by atoms with Gasteiger partial charge in [0.25, 0.3) is 0 Å². The molecular formula is C20H34O. The Kier molecular flexibility index (Phi) is 5.03. The van der Waals surface area contributed by atoms with Crippen LogP contribution in [0, 0.1) is 17.3 Å². The van der Waals surface area contributed by atoms with Crippen LogP contribution < -0.4 is 0 Å². The van der Waals surface area contributed by atoms with E-state index in [0.717, 1.165) is 12.8 Å². The first-order chi connectivity index (χ1) is 9.74. The van der Waals surface area contributed by atoms with E-state index in [-0.39, 0.29) is 0 Å². The van der Waals surface area contributed by atoms with Crippen LogP contribution in [0.3, 0.4) is 0 Å². The van der Waals surface area contributed by atoms with Gasteiger partial charge in [-0.3, -0.25) is 0 Å². The lowest BCUT2D eigenvalue weighted by molar-refractivity contribution is -0.0368. The maximum atomic E-state index is 11.1. The van der Waals surface area contributed by atoms with E-state index in [2.05, 4.69) is 46.8 Å². The number of hydrogen-bond donors (Lipinski definition) is 1. The molecule has 4 atom stereocenters. The molecule has 0 aromatic rings. The first kappa shape index (κ1) is 16.8. The summed E-state index contributed by atoms with van der Waals surface area (Å²) in [6, 6.07) is 0. The van der Waals surface area contributed by atoms with Crippen molar-refractivity contribution in [1.29, 1.82) is 0 Å². The zero-order valence-electron chi connectivity index (χ0n) is 14.7. The minimum Gasteiger partial charge on any atom is -0.390 e. The summed E-state index contributed by atoms with van der Waals surface area (Å²) in [4.78, 5) is 0. The Morgan fingerprint density at radius 1 is 1.43 bits per heavy atom. The maximum Gasteiger partial charge on any atom is 0.0653 e. The Bertz CT molecular complexity index is 425. The molecule has 0 unspecified atom stereocenters. The second kappa shape index (κ2) is 6.28. The Hall–Kier alpha value is -0.560. The molecule has 1 nitrogen and oxygen atoms in total. The number of rotatable bonds is 4. The van der Waals surface area contributed by atoms with Crippen molar-refractivity contribution >= 4 is 0 Å². The van der Waals surface area contributed by atoms with Crippen molar-refractivity contribution < 1.29 is 5.11 Å². The fourth-order valence-electron chi connectivity index (χ4n) is 4.64. The van der Waals surface area contributed by atoms with E-state index in [4.69, 9.17) is 0 Å². The molecule has 0 heterocycles. The van der Waals surface area contributed by atoms with E-state index < -0.39 is 5.60 Å². The van der Waals surface area contributed by atoms with Crippen molar-refractivity contribution in [3.05, 3.63) is 23.3 Å². The third kappa shape index (κ3) is 3.80. The Morgan fingerprint density at radius 2 is 2.14 bits per heavy atom. The van der Waals surface area contributed by atoms with Gasteiger partial charge in [-0.15, -0.1) is 0 Å². The van der Waals surface area contributed by atoms with Crippen molar-refractivity contribution in [1.82, 2.24) is 0 Å². The standard InChI is InChI=1S/C20H34O/c1-15(2)7-6-12-20(5,21)18-11-14-19(4)13-10-16(3)8-9-17(18)19/h7,10,17-18,21H,6,8-9,11-14H2,1-5H3/t17-,18-,19-,20-/m1/s1. The van der Waals surface area contributed by atoms with Gasteiger partial charge in [0, 0.05) is 0 Å². The lowest BCUT2D eigenvalue weighted by atomic mass is 9.69. The van der Waals surface area contributed by atoms with Gasteiger partial charge >= 0.3 is 0 Å². The summed E-state index contributed by atoms with van der Waals surface area (Å²) in [5.74, 6) is 1.17. The SMILES string of the molecule is CC(C)=CCC[C@@](C)(O)[C@@H]1CC[C@@]2(C)CC=C(C)CC[C@H]12. The fourth-order valence-corrected chi connectivity index (χ4v) is 4.64. The predicted octanol–water partition coefficient (Wildman–Crippen LogP) is 5.65. The molecule has 2 aliphatic carbocycles. The van der Waals surface area contributed by atoms with Crippen molar-refractivity contribution in [3.63, 3.8) is 0 Å². The molecule has 0 bridgehead atoms. The van der Waals surface area contributed by atoms with Gasteiger partial charge in [-0.2, -0.15) is 0 Å². The van der Waals surface area contributed by atoms with Gasteiger partial charge in [0.15, 0.2) is 0 Å². The molecule has 0 radical (unpaired) electrons. The van der Waals surface area contributed by atoms with Crippen LogP contribution in [-0.4, -0.2) is 10.7 Å². The summed E-state index contributed by atoms with van der Waals surface area (Å²) in [5, 5.41) is 11.1. The number of hydrogen-bond acceptors (Lipinski definition) is 1. The zero-order valence-corrected chi connectivity index (χ0v) is 14.7. The minimum absolute atomic E-state index is 0.420. The number of allylic oxidation sites excluding steroid dienone is 4. The molecule has 1 fully saturated rings. The molecular weight excluding hydrogens is 256 g/mol. The Morgan fingerprint density at radius 3 is 2.81 bits per heavy atom. The smallest absolute Gasteiger partial charge is 0.0653 e. The van der Waals surface area contributed by atoms with E-state index in [1.165, 1.54) is 37.7 Å². The molecule has 0 saturated heterocycles. The van der Waals surface area contributed by atoms with E-state index in [1.807, 2.05) is 0 Å². The first-order valence-corrected chi connectivity index (χ1v) is 8.76. The highest BCUT2D eigenvalue weighted by molar-refractivity contribution is 5.10. The molecule has 0 aromatic heterocycles. The van der Waals surface area contributed by atoms with Crippen LogP contribution >= 0.6 is 0 Å². The molecule has 21 heavy (non-hydrogen) atoms. The van der Waals surface area contributed by atoms with E-state index >= 15 is 0 Å². The molecule has 1 N–H and O–H groups in total. The quantitative estimate of drug-likeness (QED) is 0.664. The highest BCUT2D eigenvalue weighted by Crippen LogP contribution is 2.56. The first-order valence-electron chi connectivity index (χ1n) is 8.76. The topological polar surface area (TPSA) is 20.2 Å². The van der Waals surface area contributed by atoms with Gasteiger partial charge < -0.3 is 5.11 Å². The van der Waals surface area contributed by atoms with Crippen LogP contribution in [0.4, 0.5) is 0 Å². The Labute approximate surface area is 131 Å². The molecule has 2 aliphatic rings. The van der Waals surface area contributed by atoms with Crippen molar-refractivity contribution in [2.45, 2.75) is 85.2 Å². The molecule has 0 amide bonds. The summed E-state index contributed by atoms with van der Waals surface area (Å²) in [6.07, 6.45) is 12.8. The van der Waals surface area contributed by atoms with Crippen molar-refractivity contribution in [2.24, 2.45) is 17.3 Å². The fraction of sp³-hybridized carbons (Fsp3) is 0.800. The summed E-state index contributed by atoms with van der Waals surface area (Å²) in [7, 11) is 0. The van der Waals surface area contributed by atoms with Gasteiger partial charge in [0.05, 0.1) is 5.60 Å². The normalized spacial score (nSPS) is 35.4. The molecule has 1 saturated carbocycles. The van der Waals surface area contributed by atoms with E-state index in [0.29, 0.717) is 17.3 Å².